The molecule has 0 atom stereocenters. The van der Waals surface area contributed by atoms with E-state index in [0.29, 0.717) is 6.42 Å². The summed E-state index contributed by atoms with van der Waals surface area (Å²) in [4.78, 5) is 34.5. The van der Waals surface area contributed by atoms with E-state index in [2.05, 4.69) is 9.98 Å². The Balaban J connectivity index is 2.42. The number of aromatic nitrogens is 2. The van der Waals surface area contributed by atoms with Crippen LogP contribution >= 0.6 is 0 Å². The van der Waals surface area contributed by atoms with Crippen molar-refractivity contribution < 1.29 is 9.53 Å². The van der Waals surface area contributed by atoms with Crippen LogP contribution in [0.5, 0.6) is 0 Å². The van der Waals surface area contributed by atoms with Crippen LogP contribution in [-0.4, -0.2) is 40.9 Å². The van der Waals surface area contributed by atoms with Crippen LogP contribution in [0.1, 0.15) is 44.9 Å². The molecule has 0 radical (unpaired) electrons. The zero-order chi connectivity index (χ0) is 17.9. The summed E-state index contributed by atoms with van der Waals surface area (Å²) in [5, 5.41) is 0. The Kier molecular flexibility index (Phi) is 5.41. The van der Waals surface area contributed by atoms with E-state index in [1.54, 1.807) is 36.6 Å². The lowest BCUT2D eigenvalue weighted by Gasteiger charge is -2.23. The van der Waals surface area contributed by atoms with Crippen molar-refractivity contribution in [1.82, 2.24) is 14.5 Å². The van der Waals surface area contributed by atoms with E-state index in [0.717, 1.165) is 30.5 Å². The molecule has 0 aromatic carbocycles. The van der Waals surface area contributed by atoms with Crippen LogP contribution in [0.3, 0.4) is 0 Å². The lowest BCUT2D eigenvalue weighted by molar-refractivity contribution is -0.157. The Hall–Kier alpha value is -2.18. The Morgan fingerprint density at radius 1 is 1.33 bits per heavy atom. The third kappa shape index (κ3) is 4.21. The molecule has 2 rings (SSSR count). The lowest BCUT2D eigenvalue weighted by atomic mass is 9.97. The summed E-state index contributed by atoms with van der Waals surface area (Å²) in [6.07, 6.45) is 5.04. The van der Waals surface area contributed by atoms with Gasteiger partial charge in [-0.3, -0.25) is 14.2 Å². The fourth-order valence-electron chi connectivity index (χ4n) is 2.50. The van der Waals surface area contributed by atoms with Gasteiger partial charge in [0, 0.05) is 25.4 Å². The zero-order valence-electron chi connectivity index (χ0n) is 15.1. The minimum absolute atomic E-state index is 0.0197. The zero-order valence-corrected chi connectivity index (χ0v) is 15.1. The second kappa shape index (κ2) is 7.15. The minimum atomic E-state index is -0.584. The number of esters is 1. The highest BCUT2D eigenvalue weighted by Gasteiger charge is 2.25. The number of hydrogen-bond acceptors (Lipinski definition) is 5. The van der Waals surface area contributed by atoms with Crippen molar-refractivity contribution in [2.45, 2.75) is 53.2 Å². The van der Waals surface area contributed by atoms with Crippen LogP contribution in [0.25, 0.3) is 0 Å². The molecule has 0 saturated heterocycles. The third-order valence-corrected chi connectivity index (χ3v) is 3.81. The van der Waals surface area contributed by atoms with Crippen molar-refractivity contribution in [2.24, 2.45) is 10.4 Å². The maximum atomic E-state index is 12.3. The minimum Gasteiger partial charge on any atom is -0.443 e. The van der Waals surface area contributed by atoms with Crippen LogP contribution in [0.4, 0.5) is 5.95 Å². The first-order valence-corrected chi connectivity index (χ1v) is 8.20. The predicted molar refractivity (Wildman–Crippen MR) is 92.5 cm³/mol. The molecule has 1 aliphatic carbocycles. The smallest absolute Gasteiger partial charge is 0.312 e. The van der Waals surface area contributed by atoms with Crippen molar-refractivity contribution >= 4 is 18.3 Å². The predicted octanol–water partition coefficient (Wildman–Crippen LogP) is 1.89. The molecule has 0 N–H and O–H groups in total. The quantitative estimate of drug-likeness (QED) is 0.477. The molecular weight excluding hydrogens is 308 g/mol. The Morgan fingerprint density at radius 3 is 2.62 bits per heavy atom. The highest BCUT2D eigenvalue weighted by Crippen LogP contribution is 2.23. The van der Waals surface area contributed by atoms with Gasteiger partial charge in [0.15, 0.2) is 6.73 Å². The summed E-state index contributed by atoms with van der Waals surface area (Å²) >= 11 is 0. The molecule has 0 aliphatic heterocycles. The first kappa shape index (κ1) is 18.2. The Bertz CT molecular complexity index is 699. The molecule has 0 fully saturated rings. The van der Waals surface area contributed by atoms with Crippen molar-refractivity contribution in [3.8, 4) is 0 Å². The van der Waals surface area contributed by atoms with Crippen LogP contribution < -0.4 is 5.56 Å². The number of carbonyl (C=O) groups excluding carboxylic acids is 1. The van der Waals surface area contributed by atoms with Gasteiger partial charge in [-0.2, -0.15) is 4.98 Å². The fourth-order valence-corrected chi connectivity index (χ4v) is 2.50. The number of carbonyl (C=O) groups is 1. The molecule has 24 heavy (non-hydrogen) atoms. The normalized spacial score (nSPS) is 14.5. The van der Waals surface area contributed by atoms with Gasteiger partial charge in [0.1, 0.15) is 0 Å². The van der Waals surface area contributed by atoms with Crippen molar-refractivity contribution in [2.75, 3.05) is 14.1 Å². The maximum absolute atomic E-state index is 12.3. The number of hydrogen-bond donors (Lipinski definition) is 0. The van der Waals surface area contributed by atoms with Gasteiger partial charge in [-0.15, -0.1) is 0 Å². The second-order valence-electron chi connectivity index (χ2n) is 7.30. The van der Waals surface area contributed by atoms with E-state index in [1.165, 1.54) is 0 Å². The van der Waals surface area contributed by atoms with Gasteiger partial charge in [0.25, 0.3) is 5.56 Å². The Morgan fingerprint density at radius 2 is 2.00 bits per heavy atom. The first-order valence-electron chi connectivity index (χ1n) is 8.20. The third-order valence-electron chi connectivity index (χ3n) is 3.81. The molecular formula is C17H26N4O3. The van der Waals surface area contributed by atoms with Crippen molar-refractivity contribution in [3.05, 3.63) is 21.6 Å². The maximum Gasteiger partial charge on any atom is 0.312 e. The SMILES string of the molecule is CN(C)/C=N/c1nc(=O)c2c(n1COC(=O)C(C)(C)C)CCCC2. The summed E-state index contributed by atoms with van der Waals surface area (Å²) in [7, 11) is 3.67. The van der Waals surface area contributed by atoms with E-state index in [4.69, 9.17) is 4.74 Å². The lowest BCUT2D eigenvalue weighted by Crippen LogP contribution is -2.29. The fraction of sp³-hybridized carbons (Fsp3) is 0.647. The standard InChI is InChI=1S/C17H26N4O3/c1-17(2,3)15(23)24-11-21-13-9-7-6-8-12(13)14(22)19-16(21)18-10-20(4)5/h10H,6-9,11H2,1-5H3/b18-10+. The second-order valence-corrected chi connectivity index (χ2v) is 7.30. The summed E-state index contributed by atoms with van der Waals surface area (Å²) < 4.78 is 7.19. The van der Waals surface area contributed by atoms with Gasteiger partial charge in [-0.1, -0.05) is 0 Å². The molecule has 7 heteroatoms. The summed E-state index contributed by atoms with van der Waals surface area (Å²) in [5.41, 5.74) is 0.791. The van der Waals surface area contributed by atoms with Crippen LogP contribution in [0.15, 0.2) is 9.79 Å². The van der Waals surface area contributed by atoms with Gasteiger partial charge >= 0.3 is 5.97 Å². The molecule has 0 bridgehead atoms. The highest BCUT2D eigenvalue weighted by atomic mass is 16.5. The topological polar surface area (TPSA) is 76.8 Å². The molecule has 1 aromatic rings. The number of nitrogens with zero attached hydrogens (tertiary/aromatic N) is 4. The van der Waals surface area contributed by atoms with E-state index >= 15 is 0 Å². The van der Waals surface area contributed by atoms with Gasteiger partial charge in [-0.25, -0.2) is 4.99 Å². The van der Waals surface area contributed by atoms with E-state index < -0.39 is 5.41 Å². The molecule has 1 aliphatic rings. The summed E-state index contributed by atoms with van der Waals surface area (Å²) in [6, 6.07) is 0. The monoisotopic (exact) mass is 334 g/mol. The van der Waals surface area contributed by atoms with Gasteiger partial charge < -0.3 is 9.64 Å². The molecule has 0 spiro atoms. The average Bonchev–Trinajstić information content (AvgIpc) is 2.51. The largest absolute Gasteiger partial charge is 0.443 e. The average molecular weight is 334 g/mol. The number of aliphatic imine (C=N–C) groups is 1. The molecule has 0 saturated carbocycles. The highest BCUT2D eigenvalue weighted by molar-refractivity contribution is 5.75. The Labute approximate surface area is 142 Å². The first-order chi connectivity index (χ1) is 11.2. The molecule has 7 nitrogen and oxygen atoms in total. The summed E-state index contributed by atoms with van der Waals surface area (Å²) in [6.45, 7) is 5.44. The van der Waals surface area contributed by atoms with Gasteiger partial charge in [0.2, 0.25) is 5.95 Å². The van der Waals surface area contributed by atoms with E-state index in [-0.39, 0.29) is 24.2 Å². The van der Waals surface area contributed by atoms with Crippen LogP contribution in [0.2, 0.25) is 0 Å². The molecule has 1 heterocycles. The van der Waals surface area contributed by atoms with Gasteiger partial charge in [-0.05, 0) is 46.5 Å². The summed E-state index contributed by atoms with van der Waals surface area (Å²) in [5.74, 6) is -0.0237. The van der Waals surface area contributed by atoms with Gasteiger partial charge in [0.05, 0.1) is 11.8 Å². The van der Waals surface area contributed by atoms with Crippen LogP contribution in [0, 0.1) is 5.41 Å². The molecule has 0 unspecified atom stereocenters. The van der Waals surface area contributed by atoms with Crippen molar-refractivity contribution in [1.29, 1.82) is 0 Å². The number of fused-ring (bicyclic) bond motifs is 1. The molecule has 0 amide bonds. The number of rotatable bonds is 4. The molecule has 1 aromatic heterocycles. The number of ether oxygens (including phenoxy) is 1. The van der Waals surface area contributed by atoms with Crippen molar-refractivity contribution in [3.63, 3.8) is 0 Å². The van der Waals surface area contributed by atoms with E-state index in [9.17, 15) is 9.59 Å². The van der Waals surface area contributed by atoms with Crippen LogP contribution in [-0.2, 0) is 29.1 Å². The van der Waals surface area contributed by atoms with E-state index in [1.807, 2.05) is 14.1 Å². The molecule has 132 valence electrons.